The molecule has 5 atom stereocenters. The van der Waals surface area contributed by atoms with Gasteiger partial charge in [-0.1, -0.05) is 48.5 Å². The zero-order chi connectivity index (χ0) is 30.8. The van der Waals surface area contributed by atoms with Crippen LogP contribution in [0.3, 0.4) is 0 Å². The molecule has 1 aliphatic rings. The Morgan fingerprint density at radius 1 is 1.00 bits per heavy atom. The van der Waals surface area contributed by atoms with Gasteiger partial charge in [0, 0.05) is 19.1 Å². The van der Waals surface area contributed by atoms with Gasteiger partial charge in [-0.2, -0.15) is 0 Å². The Bertz CT molecular complexity index is 912. The van der Waals surface area contributed by atoms with Crippen molar-refractivity contribution in [1.82, 2.24) is 20.4 Å². The van der Waals surface area contributed by atoms with Crippen LogP contribution >= 0.6 is 7.37 Å². The average Bonchev–Trinajstić information content (AvgIpc) is 3.33. The summed E-state index contributed by atoms with van der Waals surface area (Å²) in [6, 6.07) is -2.32. The lowest BCUT2D eigenvalue weighted by Gasteiger charge is -2.32. The van der Waals surface area contributed by atoms with Gasteiger partial charge in [0.2, 0.25) is 31.0 Å². The van der Waals surface area contributed by atoms with Gasteiger partial charge in [-0.3, -0.25) is 33.5 Å². The molecule has 4 amide bonds. The molecule has 0 aliphatic carbocycles. The Hall–Kier alpha value is -1.81. The first-order valence-corrected chi connectivity index (χ1v) is 16.7. The first kappa shape index (κ1) is 36.2. The monoisotopic (exact) mass is 587 g/mol. The number of imide groups is 1. The number of carbonyl (C=O) groups excluding carboxylic acids is 4. The van der Waals surface area contributed by atoms with Crippen LogP contribution in [0.25, 0.3) is 0 Å². The molecular weight excluding hydrogens is 533 g/mol. The molecule has 5 N–H and O–H groups in total. The molecule has 12 heteroatoms. The molecule has 40 heavy (non-hydrogen) atoms. The number of hydrogen-bond acceptors (Lipinski definition) is 7. The predicted molar refractivity (Wildman–Crippen MR) is 158 cm³/mol. The van der Waals surface area contributed by atoms with E-state index in [1.807, 2.05) is 53.4 Å². The number of carbonyl (C=O) groups is 4. The van der Waals surface area contributed by atoms with Crippen LogP contribution < -0.4 is 16.4 Å². The fourth-order valence-corrected chi connectivity index (χ4v) is 7.18. The minimum absolute atomic E-state index is 0.0229. The summed E-state index contributed by atoms with van der Waals surface area (Å²) in [5.41, 5.74) is 6.16. The normalized spacial score (nSPS) is 19.8. The maximum atomic E-state index is 13.7. The van der Waals surface area contributed by atoms with Gasteiger partial charge in [0.1, 0.15) is 12.3 Å². The minimum atomic E-state index is -4.22. The van der Waals surface area contributed by atoms with Crippen molar-refractivity contribution in [3.8, 4) is 0 Å². The highest BCUT2D eigenvalue weighted by Crippen LogP contribution is 2.45. The third-order valence-electron chi connectivity index (χ3n) is 7.21. The molecule has 1 heterocycles. The Morgan fingerprint density at radius 2 is 1.57 bits per heavy atom. The number of nitrogens with two attached hydrogens (primary N) is 1. The van der Waals surface area contributed by atoms with Crippen molar-refractivity contribution >= 4 is 31.0 Å². The number of nitrogens with one attached hydrogen (secondary N) is 2. The highest BCUT2D eigenvalue weighted by molar-refractivity contribution is 7.58. The fourth-order valence-electron chi connectivity index (χ4n) is 5.34. The van der Waals surface area contributed by atoms with E-state index < -0.39 is 61.6 Å². The molecule has 1 aliphatic heterocycles. The summed E-state index contributed by atoms with van der Waals surface area (Å²) in [5.74, 6) is -2.65. The maximum Gasteiger partial charge on any atom is 0.247 e. The molecule has 1 saturated heterocycles. The molecule has 0 radical (unpaired) electrons. The molecule has 2 unspecified atom stereocenters. The van der Waals surface area contributed by atoms with Crippen molar-refractivity contribution < 1.29 is 28.6 Å². The van der Waals surface area contributed by atoms with Crippen LogP contribution in [0.2, 0.25) is 0 Å². The number of hydrogen-bond donors (Lipinski definition) is 4. The predicted octanol–water partition coefficient (Wildman–Crippen LogP) is 2.37. The lowest BCUT2D eigenvalue weighted by Crippen LogP contribution is -2.53. The van der Waals surface area contributed by atoms with Crippen LogP contribution in [-0.4, -0.2) is 89.0 Å². The SMILES string of the molecule is CCN1CCC[C@H]1C(=O)N(CP(=O)(O)CC(CC(C)C)C(=O)N[C@@H](CC(C)C)C(=O)NC)C(=O)[C@@H](N)CC(C)C. The zero-order valence-corrected chi connectivity index (χ0v) is 26.7. The molecule has 0 spiro atoms. The number of nitrogens with zero attached hydrogens (tertiary/aromatic N) is 2. The molecule has 0 aromatic carbocycles. The van der Waals surface area contributed by atoms with E-state index in [2.05, 4.69) is 10.6 Å². The van der Waals surface area contributed by atoms with Gasteiger partial charge in [-0.15, -0.1) is 0 Å². The third kappa shape index (κ3) is 11.6. The summed E-state index contributed by atoms with van der Waals surface area (Å²) in [7, 11) is -2.73. The van der Waals surface area contributed by atoms with Gasteiger partial charge in [0.25, 0.3) is 0 Å². The van der Waals surface area contributed by atoms with Crippen molar-refractivity contribution in [3.05, 3.63) is 0 Å². The Morgan fingerprint density at radius 3 is 2.08 bits per heavy atom. The Labute approximate surface area is 240 Å². The van der Waals surface area contributed by atoms with Crippen LogP contribution in [0.5, 0.6) is 0 Å². The second kappa shape index (κ2) is 16.6. The van der Waals surface area contributed by atoms with Crippen LogP contribution in [0.1, 0.15) is 80.6 Å². The van der Waals surface area contributed by atoms with Crippen molar-refractivity contribution in [2.75, 3.05) is 32.6 Å². The summed E-state index contributed by atoms with van der Waals surface area (Å²) in [6.07, 6.45) is 1.28. The molecule has 0 aromatic heterocycles. The van der Waals surface area contributed by atoms with E-state index in [1.54, 1.807) is 0 Å². The minimum Gasteiger partial charge on any atom is -0.357 e. The smallest absolute Gasteiger partial charge is 0.247 e. The van der Waals surface area contributed by atoms with Gasteiger partial charge in [0.15, 0.2) is 0 Å². The van der Waals surface area contributed by atoms with Crippen LogP contribution in [0.15, 0.2) is 0 Å². The van der Waals surface area contributed by atoms with Gasteiger partial charge in [-0.05, 0) is 62.9 Å². The summed E-state index contributed by atoms with van der Waals surface area (Å²) >= 11 is 0. The van der Waals surface area contributed by atoms with E-state index in [-0.39, 0.29) is 23.7 Å². The number of rotatable bonds is 16. The van der Waals surface area contributed by atoms with Crippen molar-refractivity contribution in [3.63, 3.8) is 0 Å². The third-order valence-corrected chi connectivity index (χ3v) is 8.95. The fraction of sp³-hybridized carbons (Fsp3) is 0.857. The first-order valence-electron chi connectivity index (χ1n) is 14.7. The van der Waals surface area contributed by atoms with Crippen LogP contribution in [0, 0.1) is 23.7 Å². The number of amides is 4. The molecule has 11 nitrogen and oxygen atoms in total. The van der Waals surface area contributed by atoms with E-state index in [4.69, 9.17) is 5.73 Å². The van der Waals surface area contributed by atoms with Crippen LogP contribution in [-0.2, 0) is 23.7 Å². The van der Waals surface area contributed by atoms with Gasteiger partial charge in [-0.25, -0.2) is 0 Å². The van der Waals surface area contributed by atoms with Crippen molar-refractivity contribution in [2.45, 2.75) is 98.7 Å². The summed E-state index contributed by atoms with van der Waals surface area (Å²) < 4.78 is 13.7. The van der Waals surface area contributed by atoms with Gasteiger partial charge < -0.3 is 21.3 Å². The maximum absolute atomic E-state index is 13.7. The van der Waals surface area contributed by atoms with E-state index in [0.29, 0.717) is 38.8 Å². The summed E-state index contributed by atoms with van der Waals surface area (Å²) in [5, 5.41) is 5.32. The quantitative estimate of drug-likeness (QED) is 0.200. The molecule has 232 valence electrons. The van der Waals surface area contributed by atoms with E-state index in [1.165, 1.54) is 7.05 Å². The summed E-state index contributed by atoms with van der Waals surface area (Å²) in [6.45, 7) is 14.8. The molecule has 0 saturated carbocycles. The lowest BCUT2D eigenvalue weighted by atomic mass is 9.96. The number of likely N-dealkylation sites (tertiary alicyclic amines) is 1. The Kier molecular flexibility index (Phi) is 15.0. The van der Waals surface area contributed by atoms with Gasteiger partial charge in [0.05, 0.1) is 12.1 Å². The molecule has 0 bridgehead atoms. The van der Waals surface area contributed by atoms with Crippen molar-refractivity contribution in [1.29, 1.82) is 0 Å². The molecule has 0 aromatic rings. The average molecular weight is 588 g/mol. The highest BCUT2D eigenvalue weighted by Gasteiger charge is 2.41. The molecule has 1 rings (SSSR count). The largest absolute Gasteiger partial charge is 0.357 e. The van der Waals surface area contributed by atoms with Crippen LogP contribution in [0.4, 0.5) is 0 Å². The zero-order valence-electron chi connectivity index (χ0n) is 25.8. The Balaban J connectivity index is 3.26. The van der Waals surface area contributed by atoms with E-state index in [9.17, 15) is 28.6 Å². The van der Waals surface area contributed by atoms with Gasteiger partial charge >= 0.3 is 0 Å². The van der Waals surface area contributed by atoms with E-state index >= 15 is 0 Å². The second-order valence-corrected chi connectivity index (χ2v) is 14.8. The second-order valence-electron chi connectivity index (χ2n) is 12.4. The molecule has 1 fully saturated rings. The topological polar surface area (TPSA) is 162 Å². The highest BCUT2D eigenvalue weighted by atomic mass is 31.2. The molecular formula is C28H54N5O6P. The first-order chi connectivity index (χ1) is 18.5. The number of likely N-dealkylation sites (N-methyl/N-ethyl adjacent to an activating group) is 2. The lowest BCUT2D eigenvalue weighted by molar-refractivity contribution is -0.147. The summed E-state index contributed by atoms with van der Waals surface area (Å²) in [4.78, 5) is 66.8. The van der Waals surface area contributed by atoms with Crippen molar-refractivity contribution in [2.24, 2.45) is 29.4 Å². The standard InChI is InChI=1S/C28H54N5O6P/c1-9-32-12-10-11-24(32)28(37)33(27(36)22(29)14-19(4)5)17-40(38,39)16-21(13-18(2)3)25(34)31-23(15-20(6)7)26(35)30-8/h18-24H,9-17,29H2,1-8H3,(H,30,35)(H,31,34)(H,38,39)/t21?,22-,23-,24-/m0/s1. The van der Waals surface area contributed by atoms with E-state index in [0.717, 1.165) is 11.3 Å².